The van der Waals surface area contributed by atoms with E-state index in [0.29, 0.717) is 13.1 Å². The van der Waals surface area contributed by atoms with Crippen LogP contribution in [0.2, 0.25) is 0 Å². The quantitative estimate of drug-likeness (QED) is 0.858. The van der Waals surface area contributed by atoms with Gasteiger partial charge in [-0.2, -0.15) is 0 Å². The molecule has 0 bridgehead atoms. The van der Waals surface area contributed by atoms with Crippen LogP contribution >= 0.6 is 11.3 Å². The highest BCUT2D eigenvalue weighted by molar-refractivity contribution is 7.09. The van der Waals surface area contributed by atoms with E-state index >= 15 is 0 Å². The summed E-state index contributed by atoms with van der Waals surface area (Å²) in [6.45, 7) is 6.38. The molecule has 108 valence electrons. The van der Waals surface area contributed by atoms with Crippen LogP contribution in [0.4, 0.5) is 0 Å². The van der Waals surface area contributed by atoms with Gasteiger partial charge in [-0.3, -0.25) is 9.69 Å². The highest BCUT2D eigenvalue weighted by Gasteiger charge is 2.13. The summed E-state index contributed by atoms with van der Waals surface area (Å²) in [6, 6.07) is 8.14. The van der Waals surface area contributed by atoms with E-state index in [4.69, 9.17) is 5.11 Å². The number of aliphatic hydroxyl groups is 1. The topological polar surface area (TPSA) is 56.3 Å². The molecule has 0 atom stereocenters. The molecule has 0 radical (unpaired) electrons. The molecule has 0 saturated carbocycles. The van der Waals surface area contributed by atoms with Crippen molar-refractivity contribution in [1.29, 1.82) is 0 Å². The Hall–Kier alpha value is -1.43. The monoisotopic (exact) mass is 292 g/mol. The Morgan fingerprint density at radius 1 is 1.30 bits per heavy atom. The zero-order valence-electron chi connectivity index (χ0n) is 11.8. The number of H-pyrrole nitrogens is 1. The van der Waals surface area contributed by atoms with Gasteiger partial charge in [0.2, 0.25) is 0 Å². The molecule has 0 spiro atoms. The number of rotatable bonds is 6. The summed E-state index contributed by atoms with van der Waals surface area (Å²) in [5, 5.41) is 9.06. The van der Waals surface area contributed by atoms with Crippen LogP contribution in [0, 0.1) is 6.92 Å². The van der Waals surface area contributed by atoms with Gasteiger partial charge in [-0.25, -0.2) is 0 Å². The van der Waals surface area contributed by atoms with Crippen molar-refractivity contribution in [3.05, 3.63) is 44.4 Å². The molecule has 0 unspecified atom stereocenters. The largest absolute Gasteiger partial charge is 0.395 e. The third-order valence-electron chi connectivity index (χ3n) is 3.29. The van der Waals surface area contributed by atoms with Crippen molar-refractivity contribution in [3.63, 3.8) is 0 Å². The Kier molecular flexibility index (Phi) is 5.11. The number of hydrogen-bond donors (Lipinski definition) is 2. The zero-order chi connectivity index (χ0) is 14.5. The Morgan fingerprint density at radius 3 is 2.60 bits per heavy atom. The van der Waals surface area contributed by atoms with Crippen LogP contribution in [0.1, 0.15) is 17.4 Å². The molecule has 4 nitrogen and oxygen atoms in total. The van der Waals surface area contributed by atoms with Crippen LogP contribution in [-0.2, 0) is 6.54 Å². The van der Waals surface area contributed by atoms with Crippen molar-refractivity contribution in [1.82, 2.24) is 9.88 Å². The Balaban J connectivity index is 2.30. The number of likely N-dealkylation sites (N-methyl/N-ethyl adjacent to an activating group) is 1. The van der Waals surface area contributed by atoms with Crippen molar-refractivity contribution in [2.24, 2.45) is 0 Å². The van der Waals surface area contributed by atoms with E-state index < -0.39 is 0 Å². The fourth-order valence-corrected chi connectivity index (χ4v) is 3.01. The second kappa shape index (κ2) is 6.83. The van der Waals surface area contributed by atoms with E-state index in [9.17, 15) is 4.79 Å². The van der Waals surface area contributed by atoms with Crippen molar-refractivity contribution in [2.45, 2.75) is 20.4 Å². The molecular formula is C15H20N2O2S. The van der Waals surface area contributed by atoms with Gasteiger partial charge in [-0.05, 0) is 19.0 Å². The lowest BCUT2D eigenvalue weighted by atomic mass is 10.1. The summed E-state index contributed by atoms with van der Waals surface area (Å²) in [4.78, 5) is 17.7. The number of aromatic nitrogens is 1. The maximum Gasteiger partial charge on any atom is 0.305 e. The maximum atomic E-state index is 11.7. The van der Waals surface area contributed by atoms with E-state index in [1.165, 1.54) is 16.9 Å². The fourth-order valence-electron chi connectivity index (χ4n) is 2.12. The van der Waals surface area contributed by atoms with E-state index in [2.05, 4.69) is 16.8 Å². The van der Waals surface area contributed by atoms with Crippen molar-refractivity contribution >= 4 is 11.3 Å². The van der Waals surface area contributed by atoms with Crippen molar-refractivity contribution in [3.8, 4) is 11.3 Å². The molecule has 2 rings (SSSR count). The van der Waals surface area contributed by atoms with Gasteiger partial charge in [0.1, 0.15) is 0 Å². The fraction of sp³-hybridized carbons (Fsp3) is 0.400. The molecule has 2 aromatic rings. The van der Waals surface area contributed by atoms with E-state index in [1.54, 1.807) is 0 Å². The van der Waals surface area contributed by atoms with Gasteiger partial charge in [0.05, 0.1) is 12.3 Å². The van der Waals surface area contributed by atoms with Gasteiger partial charge in [0.15, 0.2) is 0 Å². The van der Waals surface area contributed by atoms with Crippen LogP contribution in [0.25, 0.3) is 11.3 Å². The lowest BCUT2D eigenvalue weighted by molar-refractivity contribution is 0.198. The average Bonchev–Trinajstić information content (AvgIpc) is 2.80. The first-order valence-corrected chi connectivity index (χ1v) is 7.58. The standard InChI is InChI=1S/C15H20N2O2S/c1-3-17(8-9-18)10-13-14(16-15(19)20-13)12-6-4-11(2)5-7-12/h4-7,18H,3,8-10H2,1-2H3,(H,16,19). The molecule has 0 fully saturated rings. The molecular weight excluding hydrogens is 272 g/mol. The molecule has 1 aromatic heterocycles. The van der Waals surface area contributed by atoms with E-state index in [-0.39, 0.29) is 11.5 Å². The van der Waals surface area contributed by atoms with Crippen molar-refractivity contribution < 1.29 is 5.11 Å². The predicted octanol–water partition coefficient (Wildman–Crippen LogP) is 2.23. The van der Waals surface area contributed by atoms with Crippen LogP contribution in [0.3, 0.4) is 0 Å². The number of nitrogens with one attached hydrogen (secondary N) is 1. The van der Waals surface area contributed by atoms with Crippen LogP contribution < -0.4 is 4.87 Å². The van der Waals surface area contributed by atoms with Crippen LogP contribution in [0.15, 0.2) is 29.1 Å². The SMILES string of the molecule is CCN(CCO)Cc1sc(=O)[nH]c1-c1ccc(C)cc1. The smallest absolute Gasteiger partial charge is 0.305 e. The molecule has 0 amide bonds. The molecule has 0 aliphatic carbocycles. The molecule has 1 heterocycles. The third kappa shape index (κ3) is 3.56. The minimum Gasteiger partial charge on any atom is -0.395 e. The van der Waals surface area contributed by atoms with Gasteiger partial charge in [-0.1, -0.05) is 48.1 Å². The average molecular weight is 292 g/mol. The first kappa shape index (κ1) is 15.0. The summed E-state index contributed by atoms with van der Waals surface area (Å²) in [7, 11) is 0. The number of aryl methyl sites for hydroxylation is 1. The van der Waals surface area contributed by atoms with Gasteiger partial charge in [-0.15, -0.1) is 0 Å². The number of thiazole rings is 1. The second-order valence-corrected chi connectivity index (χ2v) is 5.84. The molecule has 0 aliphatic heterocycles. The minimum absolute atomic E-state index is 0.0318. The lowest BCUT2D eigenvalue weighted by Crippen LogP contribution is -2.25. The molecule has 20 heavy (non-hydrogen) atoms. The van der Waals surface area contributed by atoms with E-state index in [1.807, 2.05) is 31.2 Å². The Morgan fingerprint density at radius 2 is 2.00 bits per heavy atom. The summed E-state index contributed by atoms with van der Waals surface area (Å²) in [6.07, 6.45) is 0. The second-order valence-electron chi connectivity index (χ2n) is 4.77. The van der Waals surface area contributed by atoms with Gasteiger partial charge >= 0.3 is 4.87 Å². The highest BCUT2D eigenvalue weighted by atomic mass is 32.1. The number of aromatic amines is 1. The summed E-state index contributed by atoms with van der Waals surface area (Å²) in [5.74, 6) is 0. The predicted molar refractivity (Wildman–Crippen MR) is 83.1 cm³/mol. The van der Waals surface area contributed by atoms with Crippen LogP contribution in [-0.4, -0.2) is 34.7 Å². The number of hydrogen-bond acceptors (Lipinski definition) is 4. The molecule has 0 saturated heterocycles. The normalized spacial score (nSPS) is 11.2. The van der Waals surface area contributed by atoms with Gasteiger partial charge < -0.3 is 10.1 Å². The molecule has 2 N–H and O–H groups in total. The summed E-state index contributed by atoms with van der Waals surface area (Å²) >= 11 is 1.25. The zero-order valence-corrected chi connectivity index (χ0v) is 12.7. The number of aliphatic hydroxyl groups excluding tert-OH is 1. The Bertz CT molecular complexity index is 601. The lowest BCUT2D eigenvalue weighted by Gasteiger charge is -2.18. The van der Waals surface area contributed by atoms with E-state index in [0.717, 1.165) is 22.7 Å². The first-order valence-electron chi connectivity index (χ1n) is 6.76. The minimum atomic E-state index is -0.0318. The van der Waals surface area contributed by atoms with Crippen molar-refractivity contribution in [2.75, 3.05) is 19.7 Å². The molecule has 1 aromatic carbocycles. The van der Waals surface area contributed by atoms with Gasteiger partial charge in [0.25, 0.3) is 0 Å². The molecule has 0 aliphatic rings. The van der Waals surface area contributed by atoms with Crippen LogP contribution in [0.5, 0.6) is 0 Å². The third-order valence-corrected chi connectivity index (χ3v) is 4.16. The first-order chi connectivity index (χ1) is 9.63. The number of benzene rings is 1. The maximum absolute atomic E-state index is 11.7. The number of nitrogens with zero attached hydrogens (tertiary/aromatic N) is 1. The highest BCUT2D eigenvalue weighted by Crippen LogP contribution is 2.24. The Labute approximate surface area is 122 Å². The summed E-state index contributed by atoms with van der Waals surface area (Å²) in [5.41, 5.74) is 3.13. The molecule has 5 heteroatoms. The summed E-state index contributed by atoms with van der Waals surface area (Å²) < 4.78 is 0. The van der Waals surface area contributed by atoms with Gasteiger partial charge in [0, 0.05) is 18.0 Å².